The first kappa shape index (κ1) is 14.7. The van der Waals surface area contributed by atoms with E-state index in [9.17, 15) is 4.79 Å². The van der Waals surface area contributed by atoms with Crippen molar-refractivity contribution in [2.75, 3.05) is 6.79 Å². The van der Waals surface area contributed by atoms with Gasteiger partial charge in [0.2, 0.25) is 6.79 Å². The smallest absolute Gasteiger partial charge is 0.344 e. The zero-order chi connectivity index (χ0) is 17.5. The van der Waals surface area contributed by atoms with Gasteiger partial charge in [-0.05, 0) is 53.4 Å². The van der Waals surface area contributed by atoms with Crippen LogP contribution in [-0.2, 0) is 0 Å². The van der Waals surface area contributed by atoms with Crippen molar-refractivity contribution in [1.29, 1.82) is 0 Å². The molecular formula is C21H13NO4. The van der Waals surface area contributed by atoms with Gasteiger partial charge in [0, 0.05) is 11.6 Å². The van der Waals surface area contributed by atoms with Gasteiger partial charge in [-0.25, -0.2) is 4.79 Å². The molecule has 0 N–H and O–H groups in total. The average molecular weight is 343 g/mol. The van der Waals surface area contributed by atoms with E-state index in [2.05, 4.69) is 4.99 Å². The first-order chi connectivity index (χ1) is 12.8. The number of hydrogen-bond donors (Lipinski definition) is 0. The Morgan fingerprint density at radius 3 is 2.62 bits per heavy atom. The van der Waals surface area contributed by atoms with Gasteiger partial charge < -0.3 is 13.9 Å². The molecule has 0 aliphatic carbocycles. The number of ether oxygens (including phenoxy) is 2. The Labute approximate surface area is 148 Å². The standard InChI is InChI=1S/C21H13NO4/c23-21-16-4-2-1-3-15(16)17-10-14(6-8-18(17)26-21)22-11-13-5-7-19-20(9-13)25-12-24-19/h1-11H,12H2. The predicted molar refractivity (Wildman–Crippen MR) is 99.8 cm³/mol. The molecule has 1 aliphatic rings. The molecule has 0 saturated heterocycles. The first-order valence-corrected chi connectivity index (χ1v) is 8.17. The van der Waals surface area contributed by atoms with E-state index in [1.54, 1.807) is 18.3 Å². The summed E-state index contributed by atoms with van der Waals surface area (Å²) in [5, 5.41) is 2.29. The van der Waals surface area contributed by atoms with Crippen molar-refractivity contribution in [3.63, 3.8) is 0 Å². The summed E-state index contributed by atoms with van der Waals surface area (Å²) in [6, 6.07) is 18.6. The molecule has 5 rings (SSSR count). The number of nitrogens with zero attached hydrogens (tertiary/aromatic N) is 1. The van der Waals surface area contributed by atoms with E-state index in [4.69, 9.17) is 13.9 Å². The molecular weight excluding hydrogens is 330 g/mol. The van der Waals surface area contributed by atoms with Crippen LogP contribution in [0.15, 0.2) is 74.9 Å². The second-order valence-corrected chi connectivity index (χ2v) is 5.99. The maximum absolute atomic E-state index is 12.1. The van der Waals surface area contributed by atoms with Crippen LogP contribution < -0.4 is 15.1 Å². The van der Waals surface area contributed by atoms with E-state index < -0.39 is 0 Å². The lowest BCUT2D eigenvalue weighted by Crippen LogP contribution is -1.99. The van der Waals surface area contributed by atoms with Gasteiger partial charge in [0.05, 0.1) is 11.1 Å². The monoisotopic (exact) mass is 343 g/mol. The van der Waals surface area contributed by atoms with Crippen LogP contribution in [0.3, 0.4) is 0 Å². The molecule has 0 unspecified atom stereocenters. The highest BCUT2D eigenvalue weighted by Gasteiger charge is 2.12. The van der Waals surface area contributed by atoms with Gasteiger partial charge in [-0.2, -0.15) is 0 Å². The van der Waals surface area contributed by atoms with Crippen molar-refractivity contribution in [1.82, 2.24) is 0 Å². The third kappa shape index (κ3) is 2.41. The molecule has 0 bridgehead atoms. The predicted octanol–water partition coefficient (Wildman–Crippen LogP) is 4.43. The lowest BCUT2D eigenvalue weighted by atomic mass is 10.1. The molecule has 1 aliphatic heterocycles. The van der Waals surface area contributed by atoms with Crippen LogP contribution in [-0.4, -0.2) is 13.0 Å². The zero-order valence-electron chi connectivity index (χ0n) is 13.6. The topological polar surface area (TPSA) is 61.0 Å². The van der Waals surface area contributed by atoms with Crippen LogP contribution in [0.2, 0.25) is 0 Å². The van der Waals surface area contributed by atoms with Crippen LogP contribution in [0.1, 0.15) is 5.56 Å². The minimum absolute atomic E-state index is 0.249. The van der Waals surface area contributed by atoms with Gasteiger partial charge in [0.1, 0.15) is 5.58 Å². The fraction of sp³-hybridized carbons (Fsp3) is 0.0476. The van der Waals surface area contributed by atoms with Crippen molar-refractivity contribution < 1.29 is 13.9 Å². The van der Waals surface area contributed by atoms with Gasteiger partial charge in [0.25, 0.3) is 0 Å². The molecule has 3 aromatic carbocycles. The zero-order valence-corrected chi connectivity index (χ0v) is 13.6. The van der Waals surface area contributed by atoms with Crippen LogP contribution in [0.25, 0.3) is 21.7 Å². The van der Waals surface area contributed by atoms with E-state index in [1.807, 2.05) is 48.5 Å². The average Bonchev–Trinajstić information content (AvgIpc) is 3.15. The molecule has 0 fully saturated rings. The normalized spacial score (nSPS) is 13.1. The van der Waals surface area contributed by atoms with E-state index in [0.29, 0.717) is 11.0 Å². The van der Waals surface area contributed by atoms with Crippen LogP contribution >= 0.6 is 0 Å². The van der Waals surface area contributed by atoms with Gasteiger partial charge in [-0.15, -0.1) is 0 Å². The summed E-state index contributed by atoms with van der Waals surface area (Å²) in [6.07, 6.45) is 1.77. The van der Waals surface area contributed by atoms with Gasteiger partial charge in [-0.3, -0.25) is 4.99 Å². The SMILES string of the molecule is O=c1oc2ccc(N=Cc3ccc4c(c3)OCO4)cc2c2ccccc12. The Morgan fingerprint density at radius 2 is 1.69 bits per heavy atom. The van der Waals surface area contributed by atoms with Crippen molar-refractivity contribution >= 4 is 33.6 Å². The van der Waals surface area contributed by atoms with Crippen molar-refractivity contribution in [3.05, 3.63) is 76.6 Å². The minimum atomic E-state index is -0.329. The molecule has 0 radical (unpaired) electrons. The maximum atomic E-state index is 12.1. The molecule has 5 nitrogen and oxygen atoms in total. The number of fused-ring (bicyclic) bond motifs is 4. The summed E-state index contributed by atoms with van der Waals surface area (Å²) in [7, 11) is 0. The molecule has 126 valence electrons. The van der Waals surface area contributed by atoms with Crippen molar-refractivity contribution in [2.24, 2.45) is 4.99 Å². The van der Waals surface area contributed by atoms with Crippen LogP contribution in [0.5, 0.6) is 11.5 Å². The quantitative estimate of drug-likeness (QED) is 0.307. The van der Waals surface area contributed by atoms with E-state index in [-0.39, 0.29) is 12.4 Å². The lowest BCUT2D eigenvalue weighted by molar-refractivity contribution is 0.174. The number of aliphatic imine (C=N–C) groups is 1. The molecule has 2 heterocycles. The maximum Gasteiger partial charge on any atom is 0.344 e. The van der Waals surface area contributed by atoms with E-state index >= 15 is 0 Å². The van der Waals surface area contributed by atoms with Gasteiger partial charge in [-0.1, -0.05) is 18.2 Å². The van der Waals surface area contributed by atoms with Crippen molar-refractivity contribution in [2.45, 2.75) is 0 Å². The highest BCUT2D eigenvalue weighted by molar-refractivity contribution is 6.05. The molecule has 0 atom stereocenters. The highest BCUT2D eigenvalue weighted by atomic mass is 16.7. The molecule has 0 amide bonds. The van der Waals surface area contributed by atoms with Crippen molar-refractivity contribution in [3.8, 4) is 11.5 Å². The number of hydrogen-bond acceptors (Lipinski definition) is 5. The highest BCUT2D eigenvalue weighted by Crippen LogP contribution is 2.32. The summed E-state index contributed by atoms with van der Waals surface area (Å²) in [5.41, 5.74) is 1.91. The Bertz CT molecular complexity index is 1240. The summed E-state index contributed by atoms with van der Waals surface area (Å²) in [5.74, 6) is 1.47. The Kier molecular flexibility index (Phi) is 3.25. The van der Waals surface area contributed by atoms with E-state index in [1.165, 1.54) is 0 Å². The Morgan fingerprint density at radius 1 is 0.846 bits per heavy atom. The van der Waals surface area contributed by atoms with E-state index in [0.717, 1.165) is 33.5 Å². The molecule has 1 aromatic heterocycles. The third-order valence-corrected chi connectivity index (χ3v) is 4.36. The molecule has 0 spiro atoms. The first-order valence-electron chi connectivity index (χ1n) is 8.17. The second kappa shape index (κ2) is 5.74. The summed E-state index contributed by atoms with van der Waals surface area (Å²) >= 11 is 0. The summed E-state index contributed by atoms with van der Waals surface area (Å²) in [4.78, 5) is 16.6. The second-order valence-electron chi connectivity index (χ2n) is 5.99. The molecule has 4 aromatic rings. The van der Waals surface area contributed by atoms with Crippen LogP contribution in [0, 0.1) is 0 Å². The number of benzene rings is 3. The third-order valence-electron chi connectivity index (χ3n) is 4.36. The van der Waals surface area contributed by atoms with Gasteiger partial charge >= 0.3 is 5.63 Å². The van der Waals surface area contributed by atoms with Gasteiger partial charge in [0.15, 0.2) is 11.5 Å². The number of rotatable bonds is 2. The minimum Gasteiger partial charge on any atom is -0.454 e. The molecule has 26 heavy (non-hydrogen) atoms. The fourth-order valence-electron chi connectivity index (χ4n) is 3.09. The fourth-order valence-corrected chi connectivity index (χ4v) is 3.09. The Hall–Kier alpha value is -3.60. The lowest BCUT2D eigenvalue weighted by Gasteiger charge is -2.03. The molecule has 5 heteroatoms. The largest absolute Gasteiger partial charge is 0.454 e. The molecule has 0 saturated carbocycles. The summed E-state index contributed by atoms with van der Waals surface area (Å²) < 4.78 is 16.1. The summed E-state index contributed by atoms with van der Waals surface area (Å²) in [6.45, 7) is 0.249. The Balaban J connectivity index is 1.58. The van der Waals surface area contributed by atoms with Crippen LogP contribution in [0.4, 0.5) is 5.69 Å².